The molecule has 0 saturated carbocycles. The molecule has 4 rings (SSSR count). The fraction of sp³-hybridized carbons (Fsp3) is 0.393. The van der Waals surface area contributed by atoms with Gasteiger partial charge in [0.2, 0.25) is 0 Å². The molecule has 3 aromatic rings. The maximum absolute atomic E-state index is 12.2. The van der Waals surface area contributed by atoms with Gasteiger partial charge in [0.25, 0.3) is 0 Å². The van der Waals surface area contributed by atoms with E-state index in [0.29, 0.717) is 30.6 Å². The number of carboxylic acid groups (broad SMARTS) is 1. The van der Waals surface area contributed by atoms with Crippen molar-refractivity contribution in [1.29, 1.82) is 0 Å². The zero-order chi connectivity index (χ0) is 25.7. The molecular weight excluding hydrogens is 458 g/mol. The zero-order valence-corrected chi connectivity index (χ0v) is 21.1. The standard InChI is InChI=1S/C28H33N3O5/c1-28(2,3)36-27(34)31-15-13-30(14-16-31)12-5-17-35-22-7-4-6-20(18-22)21-8-9-23-24(26(32)33)10-11-29-25(23)19-21/h4,6-11,18-19H,5,12-17H2,1-3H3,(H,32,33). The lowest BCUT2D eigenvalue weighted by Gasteiger charge is -2.35. The number of rotatable bonds is 7. The Morgan fingerprint density at radius 3 is 2.47 bits per heavy atom. The van der Waals surface area contributed by atoms with Crippen molar-refractivity contribution >= 4 is 23.0 Å². The fourth-order valence-electron chi connectivity index (χ4n) is 4.24. The largest absolute Gasteiger partial charge is 0.494 e. The van der Waals surface area contributed by atoms with Crippen molar-refractivity contribution in [3.8, 4) is 16.9 Å². The van der Waals surface area contributed by atoms with Crippen LogP contribution in [0.4, 0.5) is 4.79 Å². The van der Waals surface area contributed by atoms with E-state index in [4.69, 9.17) is 9.47 Å². The topological polar surface area (TPSA) is 92.2 Å². The van der Waals surface area contributed by atoms with E-state index in [-0.39, 0.29) is 11.7 Å². The molecule has 0 radical (unpaired) electrons. The van der Waals surface area contributed by atoms with Gasteiger partial charge < -0.3 is 19.5 Å². The van der Waals surface area contributed by atoms with Crippen LogP contribution in [0.15, 0.2) is 54.7 Å². The van der Waals surface area contributed by atoms with Gasteiger partial charge in [0.1, 0.15) is 11.4 Å². The van der Waals surface area contributed by atoms with Crippen LogP contribution in [-0.4, -0.2) is 76.9 Å². The van der Waals surface area contributed by atoms with Gasteiger partial charge in [-0.1, -0.05) is 24.3 Å². The molecule has 0 spiro atoms. The lowest BCUT2D eigenvalue weighted by atomic mass is 10.0. The second-order valence-corrected chi connectivity index (χ2v) is 9.93. The van der Waals surface area contributed by atoms with E-state index in [1.54, 1.807) is 11.0 Å². The second kappa shape index (κ2) is 11.0. The van der Waals surface area contributed by atoms with Crippen LogP contribution in [0.2, 0.25) is 0 Å². The summed E-state index contributed by atoms with van der Waals surface area (Å²) >= 11 is 0. The highest BCUT2D eigenvalue weighted by Crippen LogP contribution is 2.28. The first-order chi connectivity index (χ1) is 17.2. The molecular formula is C28H33N3O5. The van der Waals surface area contributed by atoms with Crippen molar-refractivity contribution < 1.29 is 24.2 Å². The van der Waals surface area contributed by atoms with E-state index < -0.39 is 11.6 Å². The van der Waals surface area contributed by atoms with Crippen molar-refractivity contribution in [1.82, 2.24) is 14.8 Å². The van der Waals surface area contributed by atoms with Gasteiger partial charge in [-0.2, -0.15) is 0 Å². The summed E-state index contributed by atoms with van der Waals surface area (Å²) in [5.74, 6) is -0.176. The molecule has 0 unspecified atom stereocenters. The number of benzene rings is 2. The number of aromatic carboxylic acids is 1. The summed E-state index contributed by atoms with van der Waals surface area (Å²) in [5, 5.41) is 10.0. The minimum Gasteiger partial charge on any atom is -0.494 e. The van der Waals surface area contributed by atoms with Gasteiger partial charge in [0.15, 0.2) is 0 Å². The maximum Gasteiger partial charge on any atom is 0.410 e. The molecule has 1 fully saturated rings. The van der Waals surface area contributed by atoms with Crippen LogP contribution in [0.1, 0.15) is 37.6 Å². The van der Waals surface area contributed by atoms with Gasteiger partial charge in [-0.05, 0) is 62.6 Å². The number of ether oxygens (including phenoxy) is 2. The minimum atomic E-state index is -0.963. The monoisotopic (exact) mass is 491 g/mol. The molecule has 0 atom stereocenters. The summed E-state index contributed by atoms with van der Waals surface area (Å²) in [6, 6.07) is 15.0. The van der Waals surface area contributed by atoms with E-state index in [1.165, 1.54) is 12.3 Å². The predicted octanol–water partition coefficient (Wildman–Crippen LogP) is 4.92. The Morgan fingerprint density at radius 1 is 1.00 bits per heavy atom. The van der Waals surface area contributed by atoms with Crippen LogP contribution in [0.25, 0.3) is 22.0 Å². The number of carbonyl (C=O) groups is 2. The summed E-state index contributed by atoms with van der Waals surface area (Å²) in [4.78, 5) is 32.1. The van der Waals surface area contributed by atoms with E-state index in [9.17, 15) is 14.7 Å². The number of amides is 1. The van der Waals surface area contributed by atoms with E-state index >= 15 is 0 Å². The third-order valence-corrected chi connectivity index (χ3v) is 6.05. The number of pyridine rings is 1. The molecule has 1 aliphatic rings. The third kappa shape index (κ3) is 6.51. The zero-order valence-electron chi connectivity index (χ0n) is 21.1. The first-order valence-electron chi connectivity index (χ1n) is 12.3. The van der Waals surface area contributed by atoms with E-state index in [1.807, 2.05) is 57.2 Å². The van der Waals surface area contributed by atoms with Crippen LogP contribution >= 0.6 is 0 Å². The molecule has 1 N–H and O–H groups in total. The van der Waals surface area contributed by atoms with Crippen LogP contribution in [0, 0.1) is 0 Å². The highest BCUT2D eigenvalue weighted by Gasteiger charge is 2.25. The fourth-order valence-corrected chi connectivity index (χ4v) is 4.24. The van der Waals surface area contributed by atoms with Gasteiger partial charge >= 0.3 is 12.1 Å². The first-order valence-corrected chi connectivity index (χ1v) is 12.3. The molecule has 2 heterocycles. The van der Waals surface area contributed by atoms with Crippen molar-refractivity contribution in [3.05, 3.63) is 60.3 Å². The SMILES string of the molecule is CC(C)(C)OC(=O)N1CCN(CCCOc2cccc(-c3ccc4c(C(=O)O)ccnc4c3)c2)CC1. The van der Waals surface area contributed by atoms with Gasteiger partial charge in [-0.15, -0.1) is 0 Å². The summed E-state index contributed by atoms with van der Waals surface area (Å²) < 4.78 is 11.5. The molecule has 1 saturated heterocycles. The van der Waals surface area contributed by atoms with Crippen molar-refractivity contribution in [2.24, 2.45) is 0 Å². The Morgan fingerprint density at radius 2 is 1.75 bits per heavy atom. The molecule has 8 heteroatoms. The number of carboxylic acids is 1. The smallest absolute Gasteiger partial charge is 0.410 e. The maximum atomic E-state index is 12.2. The van der Waals surface area contributed by atoms with Crippen LogP contribution in [0.3, 0.4) is 0 Å². The Bertz CT molecular complexity index is 1230. The quantitative estimate of drug-likeness (QED) is 0.469. The van der Waals surface area contributed by atoms with E-state index in [2.05, 4.69) is 9.88 Å². The molecule has 2 aromatic carbocycles. The molecule has 190 valence electrons. The molecule has 36 heavy (non-hydrogen) atoms. The Kier molecular flexibility index (Phi) is 7.74. The van der Waals surface area contributed by atoms with Crippen LogP contribution in [0.5, 0.6) is 5.75 Å². The third-order valence-electron chi connectivity index (χ3n) is 6.05. The molecule has 1 aromatic heterocycles. The average Bonchev–Trinajstić information content (AvgIpc) is 2.85. The Labute approximate surface area is 211 Å². The molecule has 1 amide bonds. The van der Waals surface area contributed by atoms with Crippen LogP contribution in [-0.2, 0) is 4.74 Å². The van der Waals surface area contributed by atoms with Gasteiger partial charge in [0.05, 0.1) is 17.7 Å². The van der Waals surface area contributed by atoms with Gasteiger partial charge in [-0.25, -0.2) is 9.59 Å². The number of carbonyl (C=O) groups excluding carboxylic acids is 1. The molecule has 8 nitrogen and oxygen atoms in total. The lowest BCUT2D eigenvalue weighted by Crippen LogP contribution is -2.50. The highest BCUT2D eigenvalue weighted by molar-refractivity contribution is 6.03. The van der Waals surface area contributed by atoms with Crippen molar-refractivity contribution in [3.63, 3.8) is 0 Å². The van der Waals surface area contributed by atoms with Crippen LogP contribution < -0.4 is 4.74 Å². The summed E-state index contributed by atoms with van der Waals surface area (Å²) in [6.45, 7) is 10.1. The normalized spacial score (nSPS) is 14.6. The highest BCUT2D eigenvalue weighted by atomic mass is 16.6. The number of nitrogens with zero attached hydrogens (tertiary/aromatic N) is 3. The van der Waals surface area contributed by atoms with Gasteiger partial charge in [0, 0.05) is 44.3 Å². The Balaban J connectivity index is 1.27. The predicted molar refractivity (Wildman–Crippen MR) is 138 cm³/mol. The van der Waals surface area contributed by atoms with E-state index in [0.717, 1.165) is 42.9 Å². The van der Waals surface area contributed by atoms with Crippen molar-refractivity contribution in [2.45, 2.75) is 32.8 Å². The number of hydrogen-bond acceptors (Lipinski definition) is 6. The number of fused-ring (bicyclic) bond motifs is 1. The summed E-state index contributed by atoms with van der Waals surface area (Å²) in [7, 11) is 0. The molecule has 0 bridgehead atoms. The summed E-state index contributed by atoms with van der Waals surface area (Å²) in [6.07, 6.45) is 2.16. The first kappa shape index (κ1) is 25.4. The molecule has 0 aliphatic carbocycles. The average molecular weight is 492 g/mol. The number of hydrogen-bond donors (Lipinski definition) is 1. The number of aromatic nitrogens is 1. The summed E-state index contributed by atoms with van der Waals surface area (Å²) in [5.41, 5.74) is 2.35. The Hall–Kier alpha value is -3.65. The molecule has 1 aliphatic heterocycles. The van der Waals surface area contributed by atoms with Gasteiger partial charge in [-0.3, -0.25) is 9.88 Å². The number of piperazine rings is 1. The second-order valence-electron chi connectivity index (χ2n) is 9.93. The minimum absolute atomic E-state index is 0.241. The van der Waals surface area contributed by atoms with Crippen molar-refractivity contribution in [2.75, 3.05) is 39.3 Å². The lowest BCUT2D eigenvalue weighted by molar-refractivity contribution is 0.0142.